The number of hydrogen-bond acceptors (Lipinski definition) is 6. The quantitative estimate of drug-likeness (QED) is 0.114. The molecule has 2 aliphatic rings. The van der Waals surface area contributed by atoms with Gasteiger partial charge >= 0.3 is 0 Å². The fourth-order valence-corrected chi connectivity index (χ4v) is 6.99. The van der Waals surface area contributed by atoms with E-state index >= 15 is 0 Å². The summed E-state index contributed by atoms with van der Waals surface area (Å²) in [6.07, 6.45) is 15.6. The molecule has 0 aromatic heterocycles. The van der Waals surface area contributed by atoms with Crippen molar-refractivity contribution >= 4 is 11.6 Å². The lowest BCUT2D eigenvalue weighted by atomic mass is 9.88. The number of ether oxygens (including phenoxy) is 2. The Kier molecular flexibility index (Phi) is 16.1. The van der Waals surface area contributed by atoms with E-state index in [9.17, 15) is 9.59 Å². The average molecular weight is 633 g/mol. The van der Waals surface area contributed by atoms with Gasteiger partial charge in [0.15, 0.2) is 11.6 Å². The van der Waals surface area contributed by atoms with E-state index in [0.717, 1.165) is 100 Å². The molecule has 6 heteroatoms. The van der Waals surface area contributed by atoms with Crippen molar-refractivity contribution in [2.24, 2.45) is 11.8 Å². The Labute approximate surface area is 279 Å². The second kappa shape index (κ2) is 20.5. The predicted molar refractivity (Wildman–Crippen MR) is 188 cm³/mol. The summed E-state index contributed by atoms with van der Waals surface area (Å²) in [5, 5.41) is 0. The Morgan fingerprint density at radius 3 is 1.24 bits per heavy atom. The molecule has 0 bridgehead atoms. The molecule has 2 saturated heterocycles. The molecule has 6 nitrogen and oxygen atoms in total. The first-order chi connectivity index (χ1) is 22.6. The van der Waals surface area contributed by atoms with Crippen molar-refractivity contribution < 1.29 is 19.1 Å². The lowest BCUT2D eigenvalue weighted by Crippen LogP contribution is -2.35. The van der Waals surface area contributed by atoms with Gasteiger partial charge in [-0.15, -0.1) is 0 Å². The zero-order valence-corrected chi connectivity index (χ0v) is 28.9. The minimum Gasteiger partial charge on any atom is -0.494 e. The highest BCUT2D eigenvalue weighted by Crippen LogP contribution is 2.25. The van der Waals surface area contributed by atoms with E-state index in [1.807, 2.05) is 48.5 Å². The van der Waals surface area contributed by atoms with Crippen LogP contribution in [0.1, 0.15) is 124 Å². The fourth-order valence-electron chi connectivity index (χ4n) is 6.99. The largest absolute Gasteiger partial charge is 0.494 e. The van der Waals surface area contributed by atoms with Crippen molar-refractivity contribution in [1.29, 1.82) is 0 Å². The molecule has 2 heterocycles. The van der Waals surface area contributed by atoms with Gasteiger partial charge in [0.05, 0.1) is 13.2 Å². The van der Waals surface area contributed by atoms with Crippen molar-refractivity contribution in [3.05, 3.63) is 59.7 Å². The Bertz CT molecular complexity index is 1040. The zero-order valence-electron chi connectivity index (χ0n) is 28.9. The molecule has 2 unspecified atom stereocenters. The maximum atomic E-state index is 13.9. The van der Waals surface area contributed by atoms with Gasteiger partial charge in [0, 0.05) is 36.1 Å². The SMILES string of the molecule is CCCOc1ccc(C(=O)C(CCCCC(CN2CCCCCC2)C(=O)c2ccc(OCCC)cc2)CN2CCCCCC2)cc1. The Morgan fingerprint density at radius 1 is 0.565 bits per heavy atom. The zero-order chi connectivity index (χ0) is 32.4. The van der Waals surface area contributed by atoms with Gasteiger partial charge in [-0.1, -0.05) is 52.4 Å². The highest BCUT2D eigenvalue weighted by atomic mass is 16.5. The number of carbonyl (C=O) groups is 2. The van der Waals surface area contributed by atoms with E-state index in [0.29, 0.717) is 13.2 Å². The molecule has 4 rings (SSSR count). The molecule has 254 valence electrons. The number of likely N-dealkylation sites (tertiary alicyclic amines) is 2. The van der Waals surface area contributed by atoms with Crippen molar-refractivity contribution in [3.63, 3.8) is 0 Å². The summed E-state index contributed by atoms with van der Waals surface area (Å²) < 4.78 is 11.5. The normalized spacial score (nSPS) is 17.9. The summed E-state index contributed by atoms with van der Waals surface area (Å²) in [5.74, 6) is 2.08. The third kappa shape index (κ3) is 12.2. The van der Waals surface area contributed by atoms with Crippen molar-refractivity contribution in [2.75, 3.05) is 52.5 Å². The average Bonchev–Trinajstić information content (AvgIpc) is 3.52. The molecular formula is C40H60N2O4. The maximum Gasteiger partial charge on any atom is 0.167 e. The molecule has 0 aliphatic carbocycles. The first-order valence-corrected chi connectivity index (χ1v) is 18.6. The van der Waals surface area contributed by atoms with Gasteiger partial charge in [0.25, 0.3) is 0 Å². The second-order valence-corrected chi connectivity index (χ2v) is 13.6. The van der Waals surface area contributed by atoms with Gasteiger partial charge in [0.2, 0.25) is 0 Å². The van der Waals surface area contributed by atoms with Crippen molar-refractivity contribution in [1.82, 2.24) is 9.80 Å². The highest BCUT2D eigenvalue weighted by Gasteiger charge is 2.26. The van der Waals surface area contributed by atoms with Crippen LogP contribution in [0.3, 0.4) is 0 Å². The van der Waals surface area contributed by atoms with E-state index in [1.165, 1.54) is 51.4 Å². The number of hydrogen-bond donors (Lipinski definition) is 0. The summed E-state index contributed by atoms with van der Waals surface area (Å²) in [4.78, 5) is 32.8. The topological polar surface area (TPSA) is 59.1 Å². The maximum absolute atomic E-state index is 13.9. The van der Waals surface area contributed by atoms with Gasteiger partial charge in [0.1, 0.15) is 11.5 Å². The number of rotatable bonds is 19. The standard InChI is InChI=1S/C40H60N2O4/c1-3-29-45-37-21-17-33(18-22-37)39(43)35(31-41-25-11-5-6-12-26-41)15-9-10-16-36(32-42-27-13-7-8-14-28-42)40(44)34-19-23-38(24-20-34)46-30-4-2/h17-24,35-36H,3-16,25-32H2,1-2H3. The van der Waals surface area contributed by atoms with E-state index in [1.54, 1.807) is 0 Å². The molecule has 0 amide bonds. The molecule has 2 fully saturated rings. The molecular weight excluding hydrogens is 572 g/mol. The molecule has 0 saturated carbocycles. The molecule has 2 aliphatic heterocycles. The molecule has 2 atom stereocenters. The third-order valence-electron chi connectivity index (χ3n) is 9.67. The summed E-state index contributed by atoms with van der Waals surface area (Å²) in [7, 11) is 0. The molecule has 46 heavy (non-hydrogen) atoms. The number of carbonyl (C=O) groups excluding carboxylic acids is 2. The molecule has 2 aromatic rings. The fraction of sp³-hybridized carbons (Fsp3) is 0.650. The number of benzene rings is 2. The molecule has 0 radical (unpaired) electrons. The van der Waals surface area contributed by atoms with Crippen LogP contribution >= 0.6 is 0 Å². The number of ketones is 2. The Hall–Kier alpha value is -2.70. The van der Waals surface area contributed by atoms with E-state index in [4.69, 9.17) is 9.47 Å². The Morgan fingerprint density at radius 2 is 0.913 bits per heavy atom. The third-order valence-corrected chi connectivity index (χ3v) is 9.67. The molecule has 2 aromatic carbocycles. The van der Waals surface area contributed by atoms with Crippen LogP contribution < -0.4 is 9.47 Å². The van der Waals surface area contributed by atoms with Crippen LogP contribution in [0, 0.1) is 11.8 Å². The molecule has 0 N–H and O–H groups in total. The van der Waals surface area contributed by atoms with E-state index in [2.05, 4.69) is 23.6 Å². The first-order valence-electron chi connectivity index (χ1n) is 18.6. The van der Waals surface area contributed by atoms with Gasteiger partial charge < -0.3 is 19.3 Å². The van der Waals surface area contributed by atoms with Crippen LogP contribution in [-0.2, 0) is 0 Å². The van der Waals surface area contributed by atoms with Crippen molar-refractivity contribution in [3.8, 4) is 11.5 Å². The summed E-state index contributed by atoms with van der Waals surface area (Å²) in [6.45, 7) is 11.6. The molecule has 0 spiro atoms. The summed E-state index contributed by atoms with van der Waals surface area (Å²) >= 11 is 0. The minimum atomic E-state index is -0.0315. The first kappa shape index (κ1) is 36.1. The lowest BCUT2D eigenvalue weighted by Gasteiger charge is -2.27. The number of unbranched alkanes of at least 4 members (excludes halogenated alkanes) is 1. The van der Waals surface area contributed by atoms with Crippen LogP contribution in [0.25, 0.3) is 0 Å². The van der Waals surface area contributed by atoms with Crippen molar-refractivity contribution in [2.45, 2.75) is 104 Å². The second-order valence-electron chi connectivity index (χ2n) is 13.6. The van der Waals surface area contributed by atoms with Gasteiger partial charge in [-0.2, -0.15) is 0 Å². The van der Waals surface area contributed by atoms with E-state index in [-0.39, 0.29) is 23.4 Å². The summed E-state index contributed by atoms with van der Waals surface area (Å²) in [6, 6.07) is 15.5. The van der Waals surface area contributed by atoms with Crippen LogP contribution in [-0.4, -0.2) is 73.8 Å². The Balaban J connectivity index is 1.40. The van der Waals surface area contributed by atoms with Gasteiger partial charge in [-0.3, -0.25) is 9.59 Å². The minimum absolute atomic E-state index is 0.0315. The number of Topliss-reactive ketones (excluding diaryl/α,β-unsaturated/α-hetero) is 2. The van der Waals surface area contributed by atoms with Gasteiger partial charge in [-0.25, -0.2) is 0 Å². The van der Waals surface area contributed by atoms with Crippen LogP contribution in [0.2, 0.25) is 0 Å². The highest BCUT2D eigenvalue weighted by molar-refractivity contribution is 5.98. The smallest absolute Gasteiger partial charge is 0.167 e. The number of nitrogens with zero attached hydrogens (tertiary/aromatic N) is 2. The van der Waals surface area contributed by atoms with Gasteiger partial charge in [-0.05, 0) is 126 Å². The lowest BCUT2D eigenvalue weighted by molar-refractivity contribution is 0.0848. The van der Waals surface area contributed by atoms with Crippen LogP contribution in [0.15, 0.2) is 48.5 Å². The predicted octanol–water partition coefficient (Wildman–Crippen LogP) is 8.87. The van der Waals surface area contributed by atoms with E-state index < -0.39 is 0 Å². The van der Waals surface area contributed by atoms with Crippen LogP contribution in [0.4, 0.5) is 0 Å². The monoisotopic (exact) mass is 632 g/mol. The van der Waals surface area contributed by atoms with Crippen LogP contribution in [0.5, 0.6) is 11.5 Å². The summed E-state index contributed by atoms with van der Waals surface area (Å²) in [5.41, 5.74) is 1.56.